The lowest BCUT2D eigenvalue weighted by Crippen LogP contribution is -1.96. The van der Waals surface area contributed by atoms with Crippen LogP contribution in [0, 0.1) is 11.6 Å². The molecule has 0 aliphatic carbocycles. The maximum Gasteiger partial charge on any atom is 0.126 e. The van der Waals surface area contributed by atoms with Gasteiger partial charge in [-0.3, -0.25) is 0 Å². The van der Waals surface area contributed by atoms with Crippen LogP contribution in [0.2, 0.25) is 0 Å². The van der Waals surface area contributed by atoms with Crippen molar-refractivity contribution in [2.75, 3.05) is 0 Å². The topological polar surface area (TPSA) is 9.23 Å². The zero-order valence-electron chi connectivity index (χ0n) is 9.04. The number of hydrogen-bond acceptors (Lipinski definition) is 1. The fourth-order valence-corrected chi connectivity index (χ4v) is 2.07. The number of hydrogen-bond donors (Lipinski definition) is 0. The molecule has 0 atom stereocenters. The molecule has 0 aromatic heterocycles. The van der Waals surface area contributed by atoms with Gasteiger partial charge in [0.05, 0.1) is 0 Å². The average molecular weight is 232 g/mol. The SMILES string of the molecule is Fc1ccc2c(c1)COc1cc(F)ccc1C2. The molecule has 0 unspecified atom stereocenters. The molecule has 1 aliphatic heterocycles. The van der Waals surface area contributed by atoms with Gasteiger partial charge in [0.1, 0.15) is 24.0 Å². The van der Waals surface area contributed by atoms with Crippen LogP contribution in [0.3, 0.4) is 0 Å². The smallest absolute Gasteiger partial charge is 0.126 e. The number of halogens is 2. The molecule has 0 N–H and O–H groups in total. The van der Waals surface area contributed by atoms with Gasteiger partial charge in [-0.1, -0.05) is 12.1 Å². The first kappa shape index (κ1) is 10.3. The predicted molar refractivity (Wildman–Crippen MR) is 59.9 cm³/mol. The van der Waals surface area contributed by atoms with Gasteiger partial charge in [0.25, 0.3) is 0 Å². The summed E-state index contributed by atoms with van der Waals surface area (Å²) in [6, 6.07) is 9.16. The van der Waals surface area contributed by atoms with Crippen LogP contribution in [0.1, 0.15) is 16.7 Å². The Balaban J connectivity index is 2.07. The number of ether oxygens (including phenoxy) is 1. The Hall–Kier alpha value is -1.90. The van der Waals surface area contributed by atoms with Gasteiger partial charge in [0.2, 0.25) is 0 Å². The van der Waals surface area contributed by atoms with Gasteiger partial charge < -0.3 is 4.74 Å². The second-order valence-electron chi connectivity index (χ2n) is 4.13. The van der Waals surface area contributed by atoms with Crippen molar-refractivity contribution in [3.8, 4) is 5.75 Å². The minimum Gasteiger partial charge on any atom is -0.488 e. The Morgan fingerprint density at radius 3 is 2.35 bits per heavy atom. The van der Waals surface area contributed by atoms with E-state index in [0.29, 0.717) is 12.2 Å². The third kappa shape index (κ3) is 1.88. The minimum absolute atomic E-state index is 0.274. The molecular weight excluding hydrogens is 222 g/mol. The molecule has 2 aromatic carbocycles. The first-order chi connectivity index (χ1) is 8.22. The molecule has 86 valence electrons. The van der Waals surface area contributed by atoms with E-state index in [1.807, 2.05) is 0 Å². The van der Waals surface area contributed by atoms with Crippen LogP contribution in [0.25, 0.3) is 0 Å². The summed E-state index contributed by atoms with van der Waals surface area (Å²) in [7, 11) is 0. The van der Waals surface area contributed by atoms with Crippen molar-refractivity contribution in [1.82, 2.24) is 0 Å². The molecule has 1 heterocycles. The lowest BCUT2D eigenvalue weighted by atomic mass is 10.0. The highest BCUT2D eigenvalue weighted by molar-refractivity contribution is 5.42. The lowest BCUT2D eigenvalue weighted by Gasteiger charge is -2.06. The van der Waals surface area contributed by atoms with E-state index in [-0.39, 0.29) is 18.2 Å². The van der Waals surface area contributed by atoms with Gasteiger partial charge in [0.15, 0.2) is 0 Å². The van der Waals surface area contributed by atoms with Gasteiger partial charge in [-0.15, -0.1) is 0 Å². The van der Waals surface area contributed by atoms with Crippen molar-refractivity contribution < 1.29 is 13.5 Å². The van der Waals surface area contributed by atoms with E-state index in [4.69, 9.17) is 4.74 Å². The van der Waals surface area contributed by atoms with Crippen LogP contribution in [-0.4, -0.2) is 0 Å². The molecular formula is C14H10F2O. The molecule has 0 amide bonds. The molecule has 0 bridgehead atoms. The molecule has 0 radical (unpaired) electrons. The fourth-order valence-electron chi connectivity index (χ4n) is 2.07. The van der Waals surface area contributed by atoms with Gasteiger partial charge >= 0.3 is 0 Å². The van der Waals surface area contributed by atoms with Crippen LogP contribution in [0.15, 0.2) is 36.4 Å². The Labute approximate surface area is 97.7 Å². The summed E-state index contributed by atoms with van der Waals surface area (Å²) >= 11 is 0. The molecule has 3 rings (SSSR count). The first-order valence-corrected chi connectivity index (χ1v) is 5.41. The van der Waals surface area contributed by atoms with Crippen molar-refractivity contribution >= 4 is 0 Å². The highest BCUT2D eigenvalue weighted by Crippen LogP contribution is 2.29. The summed E-state index contributed by atoms with van der Waals surface area (Å²) in [5, 5.41) is 0. The molecule has 1 nitrogen and oxygen atoms in total. The van der Waals surface area contributed by atoms with Crippen LogP contribution in [-0.2, 0) is 13.0 Å². The average Bonchev–Trinajstić information content (AvgIpc) is 2.48. The van der Waals surface area contributed by atoms with Crippen molar-refractivity contribution in [3.63, 3.8) is 0 Å². The summed E-state index contributed by atoms with van der Waals surface area (Å²) in [6.07, 6.45) is 0.644. The Bertz CT molecular complexity index is 527. The number of fused-ring (bicyclic) bond motifs is 2. The normalized spacial score (nSPS) is 13.3. The summed E-state index contributed by atoms with van der Waals surface area (Å²) in [5.41, 5.74) is 2.77. The van der Waals surface area contributed by atoms with Gasteiger partial charge in [-0.25, -0.2) is 8.78 Å². The van der Waals surface area contributed by atoms with Crippen LogP contribution < -0.4 is 4.74 Å². The van der Waals surface area contributed by atoms with Crippen molar-refractivity contribution in [2.24, 2.45) is 0 Å². The highest BCUT2D eigenvalue weighted by atomic mass is 19.1. The third-order valence-corrected chi connectivity index (χ3v) is 2.96. The maximum absolute atomic E-state index is 13.1. The minimum atomic E-state index is -0.319. The standard InChI is InChI=1S/C14H10F2O/c15-12-3-1-9-5-10-2-4-13(16)7-14(10)17-8-11(9)6-12/h1-4,6-7H,5,8H2. The molecule has 2 aromatic rings. The monoisotopic (exact) mass is 232 g/mol. The second-order valence-corrected chi connectivity index (χ2v) is 4.13. The molecule has 0 spiro atoms. The number of benzene rings is 2. The van der Waals surface area contributed by atoms with Crippen LogP contribution in [0.4, 0.5) is 8.78 Å². The molecule has 1 aliphatic rings. The van der Waals surface area contributed by atoms with Gasteiger partial charge in [-0.05, 0) is 34.9 Å². The summed E-state index contributed by atoms with van der Waals surface area (Å²) < 4.78 is 31.7. The van der Waals surface area contributed by atoms with E-state index in [0.717, 1.165) is 16.7 Å². The first-order valence-electron chi connectivity index (χ1n) is 5.41. The summed E-state index contributed by atoms with van der Waals surface area (Å²) in [6.45, 7) is 0.281. The Morgan fingerprint density at radius 2 is 1.53 bits per heavy atom. The molecule has 3 heteroatoms. The van der Waals surface area contributed by atoms with Gasteiger partial charge in [-0.2, -0.15) is 0 Å². The van der Waals surface area contributed by atoms with Crippen LogP contribution in [0.5, 0.6) is 5.75 Å². The quantitative estimate of drug-likeness (QED) is 0.676. The molecule has 0 fully saturated rings. The lowest BCUT2D eigenvalue weighted by molar-refractivity contribution is 0.304. The highest BCUT2D eigenvalue weighted by Gasteiger charge is 2.15. The largest absolute Gasteiger partial charge is 0.488 e. The Morgan fingerprint density at radius 1 is 0.824 bits per heavy atom. The van der Waals surface area contributed by atoms with E-state index < -0.39 is 0 Å². The van der Waals surface area contributed by atoms with E-state index in [1.165, 1.54) is 24.3 Å². The van der Waals surface area contributed by atoms with Crippen molar-refractivity contribution in [2.45, 2.75) is 13.0 Å². The zero-order valence-corrected chi connectivity index (χ0v) is 9.04. The molecule has 0 saturated heterocycles. The van der Waals surface area contributed by atoms with Gasteiger partial charge in [0, 0.05) is 12.5 Å². The molecule has 17 heavy (non-hydrogen) atoms. The van der Waals surface area contributed by atoms with Crippen LogP contribution >= 0.6 is 0 Å². The fraction of sp³-hybridized carbons (Fsp3) is 0.143. The van der Waals surface area contributed by atoms with E-state index in [1.54, 1.807) is 12.1 Å². The second kappa shape index (κ2) is 3.84. The van der Waals surface area contributed by atoms with E-state index >= 15 is 0 Å². The van der Waals surface area contributed by atoms with E-state index in [9.17, 15) is 8.78 Å². The number of rotatable bonds is 0. The summed E-state index contributed by atoms with van der Waals surface area (Å²) in [5.74, 6) is -0.0491. The van der Waals surface area contributed by atoms with E-state index in [2.05, 4.69) is 0 Å². The van der Waals surface area contributed by atoms with Crippen molar-refractivity contribution in [1.29, 1.82) is 0 Å². The Kier molecular flexibility index (Phi) is 2.32. The zero-order chi connectivity index (χ0) is 11.8. The predicted octanol–water partition coefficient (Wildman–Crippen LogP) is 3.45. The third-order valence-electron chi connectivity index (χ3n) is 2.96. The summed E-state index contributed by atoms with van der Waals surface area (Å²) in [4.78, 5) is 0. The maximum atomic E-state index is 13.1. The van der Waals surface area contributed by atoms with Crippen molar-refractivity contribution in [3.05, 3.63) is 64.7 Å². The molecule has 0 saturated carbocycles.